The fourth-order valence-electron chi connectivity index (χ4n) is 1.44. The molecular weight excluding hydrogens is 192 g/mol. The maximum absolute atomic E-state index is 11.6. The number of aryl methyl sites for hydroxylation is 1. The van der Waals surface area contributed by atoms with Gasteiger partial charge in [-0.15, -0.1) is 0 Å². The number of aromatic amines is 1. The zero-order valence-electron chi connectivity index (χ0n) is 8.23. The van der Waals surface area contributed by atoms with Crippen LogP contribution in [0.15, 0.2) is 41.5 Å². The van der Waals surface area contributed by atoms with E-state index in [2.05, 4.69) is 4.98 Å². The second-order valence-electron chi connectivity index (χ2n) is 3.28. The quantitative estimate of drug-likeness (QED) is 0.663. The molecule has 0 atom stereocenters. The van der Waals surface area contributed by atoms with Crippen molar-refractivity contribution in [1.29, 1.82) is 0 Å². The SMILES string of the molecule is Cc1cc([O-])c(-[n+]2ccccc2)c(=O)[nH]1. The average Bonchev–Trinajstić information content (AvgIpc) is 2.17. The summed E-state index contributed by atoms with van der Waals surface area (Å²) in [4.78, 5) is 14.2. The number of hydrogen-bond donors (Lipinski definition) is 1. The molecule has 0 aliphatic rings. The summed E-state index contributed by atoms with van der Waals surface area (Å²) in [5.41, 5.74) is 0.336. The monoisotopic (exact) mass is 202 g/mol. The Bertz CT molecular complexity index is 532. The number of nitrogens with one attached hydrogen (secondary N) is 1. The van der Waals surface area contributed by atoms with Gasteiger partial charge < -0.3 is 10.1 Å². The first-order chi connectivity index (χ1) is 7.18. The van der Waals surface area contributed by atoms with Gasteiger partial charge in [-0.2, -0.15) is 4.57 Å². The maximum Gasteiger partial charge on any atom is 0.320 e. The van der Waals surface area contributed by atoms with E-state index in [1.165, 1.54) is 10.6 Å². The van der Waals surface area contributed by atoms with E-state index in [9.17, 15) is 9.90 Å². The van der Waals surface area contributed by atoms with E-state index < -0.39 is 0 Å². The molecule has 4 nitrogen and oxygen atoms in total. The molecule has 0 spiro atoms. The predicted octanol–water partition coefficient (Wildman–Crippen LogP) is 0.0336. The molecule has 4 heteroatoms. The summed E-state index contributed by atoms with van der Waals surface area (Å²) in [5.74, 6) is -0.271. The average molecular weight is 202 g/mol. The number of hydrogen-bond acceptors (Lipinski definition) is 2. The van der Waals surface area contributed by atoms with Crippen LogP contribution in [0.4, 0.5) is 0 Å². The highest BCUT2D eigenvalue weighted by Crippen LogP contribution is 2.07. The van der Waals surface area contributed by atoms with Gasteiger partial charge in [-0.3, -0.25) is 4.79 Å². The minimum atomic E-state index is -0.365. The molecule has 0 fully saturated rings. The van der Waals surface area contributed by atoms with Gasteiger partial charge in [-0.05, 0) is 18.7 Å². The summed E-state index contributed by atoms with van der Waals surface area (Å²) in [6.45, 7) is 1.68. The fraction of sp³-hybridized carbons (Fsp3) is 0.0909. The van der Waals surface area contributed by atoms with Crippen molar-refractivity contribution in [2.75, 3.05) is 0 Å². The topological polar surface area (TPSA) is 59.8 Å². The molecule has 0 unspecified atom stereocenters. The van der Waals surface area contributed by atoms with Gasteiger partial charge in [0, 0.05) is 17.8 Å². The number of pyridine rings is 2. The van der Waals surface area contributed by atoms with Crippen LogP contribution in [0.3, 0.4) is 0 Å². The highest BCUT2D eigenvalue weighted by Gasteiger charge is 2.11. The maximum atomic E-state index is 11.6. The van der Waals surface area contributed by atoms with Crippen molar-refractivity contribution < 1.29 is 9.67 Å². The molecule has 76 valence electrons. The molecule has 0 aromatic carbocycles. The Morgan fingerprint density at radius 1 is 1.27 bits per heavy atom. The Labute approximate surface area is 86.5 Å². The summed E-state index contributed by atoms with van der Waals surface area (Å²) in [5, 5.41) is 11.6. The van der Waals surface area contributed by atoms with Crippen LogP contribution in [0.5, 0.6) is 5.75 Å². The molecule has 0 bridgehead atoms. The van der Waals surface area contributed by atoms with E-state index in [4.69, 9.17) is 0 Å². The highest BCUT2D eigenvalue weighted by atomic mass is 16.3. The van der Waals surface area contributed by atoms with Gasteiger partial charge in [0.1, 0.15) is 0 Å². The third kappa shape index (κ3) is 1.74. The summed E-state index contributed by atoms with van der Waals surface area (Å²) >= 11 is 0. The lowest BCUT2D eigenvalue weighted by atomic mass is 10.3. The lowest BCUT2D eigenvalue weighted by Crippen LogP contribution is -2.37. The Hall–Kier alpha value is -2.10. The van der Waals surface area contributed by atoms with Gasteiger partial charge in [-0.25, -0.2) is 0 Å². The van der Waals surface area contributed by atoms with Crippen molar-refractivity contribution in [3.63, 3.8) is 0 Å². The zero-order valence-corrected chi connectivity index (χ0v) is 8.23. The molecule has 0 radical (unpaired) electrons. The third-order valence-electron chi connectivity index (χ3n) is 2.08. The molecule has 0 aliphatic heterocycles. The van der Waals surface area contributed by atoms with Crippen molar-refractivity contribution in [3.8, 4) is 11.4 Å². The van der Waals surface area contributed by atoms with Crippen LogP contribution in [-0.2, 0) is 0 Å². The lowest BCUT2D eigenvalue weighted by molar-refractivity contribution is -0.601. The number of H-pyrrole nitrogens is 1. The normalized spacial score (nSPS) is 10.2. The number of aromatic nitrogens is 2. The van der Waals surface area contributed by atoms with Crippen LogP contribution in [0, 0.1) is 6.92 Å². The van der Waals surface area contributed by atoms with Gasteiger partial charge in [0.25, 0.3) is 5.69 Å². The van der Waals surface area contributed by atoms with Gasteiger partial charge in [0.2, 0.25) is 0 Å². The van der Waals surface area contributed by atoms with E-state index in [0.29, 0.717) is 5.69 Å². The molecule has 2 aromatic heterocycles. The van der Waals surface area contributed by atoms with Gasteiger partial charge >= 0.3 is 5.56 Å². The predicted molar refractivity (Wildman–Crippen MR) is 52.8 cm³/mol. The summed E-state index contributed by atoms with van der Waals surface area (Å²) in [6.07, 6.45) is 3.34. The molecule has 1 N–H and O–H groups in total. The van der Waals surface area contributed by atoms with Crippen LogP contribution < -0.4 is 15.2 Å². The van der Waals surface area contributed by atoms with Crippen molar-refractivity contribution in [3.05, 3.63) is 52.7 Å². The molecule has 15 heavy (non-hydrogen) atoms. The molecule has 0 saturated carbocycles. The van der Waals surface area contributed by atoms with E-state index in [-0.39, 0.29) is 17.0 Å². The van der Waals surface area contributed by atoms with Crippen LogP contribution in [-0.4, -0.2) is 4.98 Å². The Kier molecular flexibility index (Phi) is 2.25. The third-order valence-corrected chi connectivity index (χ3v) is 2.08. The van der Waals surface area contributed by atoms with E-state index in [1.54, 1.807) is 31.5 Å². The van der Waals surface area contributed by atoms with Crippen molar-refractivity contribution >= 4 is 0 Å². The number of rotatable bonds is 1. The highest BCUT2D eigenvalue weighted by molar-refractivity contribution is 5.36. The minimum absolute atomic E-state index is 0.126. The van der Waals surface area contributed by atoms with Crippen LogP contribution >= 0.6 is 0 Å². The Balaban J connectivity index is 2.69. The molecule has 2 heterocycles. The summed E-state index contributed by atoms with van der Waals surface area (Å²) in [7, 11) is 0. The molecule has 0 aliphatic carbocycles. The smallest absolute Gasteiger partial charge is 0.320 e. The minimum Gasteiger partial charge on any atom is -0.868 e. The Morgan fingerprint density at radius 2 is 1.93 bits per heavy atom. The first-order valence-electron chi connectivity index (χ1n) is 4.56. The van der Waals surface area contributed by atoms with Crippen molar-refractivity contribution in [2.45, 2.75) is 6.92 Å². The zero-order chi connectivity index (χ0) is 10.8. The van der Waals surface area contributed by atoms with Gasteiger partial charge in [0.05, 0.1) is 0 Å². The van der Waals surface area contributed by atoms with E-state index >= 15 is 0 Å². The number of nitrogens with zero attached hydrogens (tertiary/aromatic N) is 1. The Morgan fingerprint density at radius 3 is 2.53 bits per heavy atom. The summed E-state index contributed by atoms with van der Waals surface area (Å²) < 4.78 is 1.51. The molecular formula is C11H10N2O2. The van der Waals surface area contributed by atoms with Crippen LogP contribution in [0.25, 0.3) is 5.69 Å². The first kappa shape index (κ1) is 9.45. The summed E-state index contributed by atoms with van der Waals surface area (Å²) in [6, 6.07) is 6.76. The first-order valence-corrected chi connectivity index (χ1v) is 4.56. The van der Waals surface area contributed by atoms with Crippen LogP contribution in [0.2, 0.25) is 0 Å². The largest absolute Gasteiger partial charge is 0.868 e. The standard InChI is InChI=1S/C11H10N2O2/c1-8-7-9(14)10(11(15)12-8)13-5-3-2-4-6-13/h2-7H,1H3,(H-,12,14,15). The van der Waals surface area contributed by atoms with E-state index in [1.807, 2.05) is 6.07 Å². The molecule has 2 aromatic rings. The second kappa shape index (κ2) is 3.57. The van der Waals surface area contributed by atoms with E-state index in [0.717, 1.165) is 0 Å². The van der Waals surface area contributed by atoms with Crippen molar-refractivity contribution in [1.82, 2.24) is 4.98 Å². The van der Waals surface area contributed by atoms with Crippen molar-refractivity contribution in [2.24, 2.45) is 0 Å². The van der Waals surface area contributed by atoms with Gasteiger partial charge in [0.15, 0.2) is 12.4 Å². The van der Waals surface area contributed by atoms with Crippen LogP contribution in [0.1, 0.15) is 5.69 Å². The lowest BCUT2D eigenvalue weighted by Gasteiger charge is -2.07. The molecule has 0 amide bonds. The van der Waals surface area contributed by atoms with Gasteiger partial charge in [-0.1, -0.05) is 6.07 Å². The molecule has 0 saturated heterocycles. The fourth-order valence-corrected chi connectivity index (χ4v) is 1.44. The molecule has 2 rings (SSSR count). The second-order valence-corrected chi connectivity index (χ2v) is 3.28.